The Hall–Kier alpha value is -3.11. The smallest absolute Gasteiger partial charge is 0.243 e. The number of amides is 2. The molecular formula is C28H31ClN2O2. The van der Waals surface area contributed by atoms with Crippen LogP contribution in [-0.4, -0.2) is 29.3 Å². The highest BCUT2D eigenvalue weighted by Gasteiger charge is 2.30. The van der Waals surface area contributed by atoms with Gasteiger partial charge >= 0.3 is 0 Å². The largest absolute Gasteiger partial charge is 0.354 e. The molecule has 3 aromatic carbocycles. The summed E-state index contributed by atoms with van der Waals surface area (Å²) in [5.41, 5.74) is 2.83. The lowest BCUT2D eigenvalue weighted by atomic mass is 10.0. The minimum Gasteiger partial charge on any atom is -0.354 e. The van der Waals surface area contributed by atoms with E-state index in [-0.39, 0.29) is 18.2 Å². The number of hydrogen-bond donors (Lipinski definition) is 1. The van der Waals surface area contributed by atoms with Crippen LogP contribution in [0.15, 0.2) is 84.9 Å². The third-order valence-corrected chi connectivity index (χ3v) is 5.78. The molecule has 0 bridgehead atoms. The summed E-state index contributed by atoms with van der Waals surface area (Å²) in [5.74, 6) is -0.227. The van der Waals surface area contributed by atoms with Gasteiger partial charge in [0.2, 0.25) is 11.8 Å². The predicted octanol–water partition coefficient (Wildman–Crippen LogP) is 5.44. The fourth-order valence-electron chi connectivity index (χ4n) is 3.76. The van der Waals surface area contributed by atoms with Crippen molar-refractivity contribution in [2.75, 3.05) is 6.54 Å². The average molecular weight is 463 g/mol. The number of nitrogens with one attached hydrogen (secondary N) is 1. The lowest BCUT2D eigenvalue weighted by Crippen LogP contribution is -2.51. The highest BCUT2D eigenvalue weighted by molar-refractivity contribution is 6.30. The molecular weight excluding hydrogens is 432 g/mol. The van der Waals surface area contributed by atoms with E-state index in [0.29, 0.717) is 24.5 Å². The maximum absolute atomic E-state index is 13.6. The fraction of sp³-hybridized carbons (Fsp3) is 0.286. The Balaban J connectivity index is 1.91. The van der Waals surface area contributed by atoms with E-state index in [0.717, 1.165) is 29.5 Å². The molecule has 0 fully saturated rings. The zero-order valence-electron chi connectivity index (χ0n) is 19.0. The van der Waals surface area contributed by atoms with Crippen molar-refractivity contribution < 1.29 is 9.59 Å². The number of hydrogen-bond acceptors (Lipinski definition) is 2. The molecule has 0 saturated carbocycles. The molecule has 0 aromatic heterocycles. The first-order chi connectivity index (χ1) is 16.1. The lowest BCUT2D eigenvalue weighted by Gasteiger charge is -2.31. The Morgan fingerprint density at radius 3 is 2.15 bits per heavy atom. The van der Waals surface area contributed by atoms with Crippen LogP contribution in [0, 0.1) is 0 Å². The summed E-state index contributed by atoms with van der Waals surface area (Å²) in [7, 11) is 0. The van der Waals surface area contributed by atoms with Crippen molar-refractivity contribution in [3.05, 3.63) is 107 Å². The van der Waals surface area contributed by atoms with Crippen molar-refractivity contribution in [2.45, 2.75) is 45.2 Å². The molecule has 0 aliphatic heterocycles. The number of rotatable bonds is 11. The van der Waals surface area contributed by atoms with E-state index in [1.807, 2.05) is 72.8 Å². The van der Waals surface area contributed by atoms with E-state index in [1.165, 1.54) is 0 Å². The van der Waals surface area contributed by atoms with Gasteiger partial charge in [-0.05, 0) is 35.2 Å². The minimum absolute atomic E-state index is 0.104. The van der Waals surface area contributed by atoms with E-state index in [2.05, 4.69) is 12.2 Å². The second-order valence-corrected chi connectivity index (χ2v) is 8.60. The molecule has 0 saturated heterocycles. The Morgan fingerprint density at radius 2 is 1.52 bits per heavy atom. The molecule has 4 nitrogen and oxygen atoms in total. The average Bonchev–Trinajstić information content (AvgIpc) is 2.82. The zero-order valence-corrected chi connectivity index (χ0v) is 19.8. The van der Waals surface area contributed by atoms with Crippen LogP contribution < -0.4 is 5.32 Å². The summed E-state index contributed by atoms with van der Waals surface area (Å²) >= 11 is 6.14. The Kier molecular flexibility index (Phi) is 9.52. The lowest BCUT2D eigenvalue weighted by molar-refractivity contribution is -0.140. The van der Waals surface area contributed by atoms with Crippen molar-refractivity contribution in [1.29, 1.82) is 0 Å². The van der Waals surface area contributed by atoms with Crippen molar-refractivity contribution in [3.8, 4) is 0 Å². The number of carbonyl (C=O) groups excluding carboxylic acids is 2. The fourth-order valence-corrected chi connectivity index (χ4v) is 3.98. The highest BCUT2D eigenvalue weighted by Crippen LogP contribution is 2.18. The molecule has 172 valence electrons. The predicted molar refractivity (Wildman–Crippen MR) is 134 cm³/mol. The summed E-state index contributed by atoms with van der Waals surface area (Å²) in [5, 5.41) is 3.63. The molecule has 0 radical (unpaired) electrons. The molecule has 5 heteroatoms. The van der Waals surface area contributed by atoms with Crippen LogP contribution in [0.1, 0.15) is 36.5 Å². The van der Waals surface area contributed by atoms with Gasteiger partial charge in [-0.3, -0.25) is 9.59 Å². The van der Waals surface area contributed by atoms with Gasteiger partial charge in [-0.1, -0.05) is 97.7 Å². The zero-order chi connectivity index (χ0) is 23.5. The minimum atomic E-state index is -0.615. The van der Waals surface area contributed by atoms with Gasteiger partial charge in [0, 0.05) is 24.5 Å². The second-order valence-electron chi connectivity index (χ2n) is 8.16. The van der Waals surface area contributed by atoms with Crippen LogP contribution >= 0.6 is 11.6 Å². The van der Waals surface area contributed by atoms with E-state index < -0.39 is 6.04 Å². The van der Waals surface area contributed by atoms with Crippen LogP contribution in [0.25, 0.3) is 0 Å². The maximum atomic E-state index is 13.6. The number of unbranched alkanes of at least 4 members (excludes halogenated alkanes) is 1. The highest BCUT2D eigenvalue weighted by atomic mass is 35.5. The summed E-state index contributed by atoms with van der Waals surface area (Å²) in [4.78, 5) is 28.6. The Bertz CT molecular complexity index is 1020. The molecule has 0 spiro atoms. The summed E-state index contributed by atoms with van der Waals surface area (Å²) < 4.78 is 0. The molecule has 33 heavy (non-hydrogen) atoms. The summed E-state index contributed by atoms with van der Waals surface area (Å²) in [6.07, 6.45) is 2.53. The number of benzene rings is 3. The third-order valence-electron chi connectivity index (χ3n) is 5.54. The molecule has 1 N–H and O–H groups in total. The van der Waals surface area contributed by atoms with Crippen molar-refractivity contribution in [3.63, 3.8) is 0 Å². The van der Waals surface area contributed by atoms with Crippen LogP contribution in [0.3, 0.4) is 0 Å². The van der Waals surface area contributed by atoms with Gasteiger partial charge in [0.05, 0.1) is 6.42 Å². The molecule has 3 aromatic rings. The van der Waals surface area contributed by atoms with Gasteiger partial charge in [0.15, 0.2) is 0 Å². The van der Waals surface area contributed by atoms with Crippen LogP contribution in [0.5, 0.6) is 0 Å². The second kappa shape index (κ2) is 12.8. The summed E-state index contributed by atoms with van der Waals surface area (Å²) in [6.45, 7) is 3.05. The first kappa shape index (κ1) is 24.5. The monoisotopic (exact) mass is 462 g/mol. The SMILES string of the molecule is CCCCNC(=O)[C@H](Cc1ccccc1)N(Cc1ccccc1)C(=O)Cc1cccc(Cl)c1. The van der Waals surface area contributed by atoms with Crippen LogP contribution in [0.4, 0.5) is 0 Å². The first-order valence-corrected chi connectivity index (χ1v) is 11.8. The van der Waals surface area contributed by atoms with Gasteiger partial charge in [-0.15, -0.1) is 0 Å². The molecule has 2 amide bonds. The molecule has 0 unspecified atom stereocenters. The van der Waals surface area contributed by atoms with Gasteiger partial charge in [0.1, 0.15) is 6.04 Å². The number of nitrogens with zero attached hydrogens (tertiary/aromatic N) is 1. The Morgan fingerprint density at radius 1 is 0.879 bits per heavy atom. The number of halogens is 1. The summed E-state index contributed by atoms with van der Waals surface area (Å²) in [6, 6.07) is 26.3. The Labute approximate surface area is 201 Å². The molecule has 3 rings (SSSR count). The van der Waals surface area contributed by atoms with Crippen molar-refractivity contribution >= 4 is 23.4 Å². The van der Waals surface area contributed by atoms with Crippen molar-refractivity contribution in [1.82, 2.24) is 10.2 Å². The van der Waals surface area contributed by atoms with Gasteiger partial charge in [0.25, 0.3) is 0 Å². The molecule has 0 heterocycles. The van der Waals surface area contributed by atoms with Crippen LogP contribution in [-0.2, 0) is 29.0 Å². The van der Waals surface area contributed by atoms with Crippen molar-refractivity contribution in [2.24, 2.45) is 0 Å². The van der Waals surface area contributed by atoms with E-state index in [9.17, 15) is 9.59 Å². The molecule has 1 atom stereocenters. The topological polar surface area (TPSA) is 49.4 Å². The standard InChI is InChI=1S/C28H31ClN2O2/c1-2-3-17-30-28(33)26(19-22-11-6-4-7-12-22)31(21-23-13-8-5-9-14-23)27(32)20-24-15-10-16-25(29)18-24/h4-16,18,26H,2-3,17,19-21H2,1H3,(H,30,33)/t26-/m0/s1. The molecule has 0 aliphatic rings. The maximum Gasteiger partial charge on any atom is 0.243 e. The van der Waals surface area contributed by atoms with Crippen LogP contribution in [0.2, 0.25) is 5.02 Å². The van der Waals surface area contributed by atoms with E-state index >= 15 is 0 Å². The van der Waals surface area contributed by atoms with Gasteiger partial charge in [-0.2, -0.15) is 0 Å². The van der Waals surface area contributed by atoms with E-state index in [4.69, 9.17) is 11.6 Å². The quantitative estimate of drug-likeness (QED) is 0.386. The van der Waals surface area contributed by atoms with E-state index in [1.54, 1.807) is 17.0 Å². The molecule has 0 aliphatic carbocycles. The number of carbonyl (C=O) groups is 2. The normalized spacial score (nSPS) is 11.6. The first-order valence-electron chi connectivity index (χ1n) is 11.5. The third kappa shape index (κ3) is 7.76. The van der Waals surface area contributed by atoms with Gasteiger partial charge < -0.3 is 10.2 Å². The van der Waals surface area contributed by atoms with Gasteiger partial charge in [-0.25, -0.2) is 0 Å².